The lowest BCUT2D eigenvalue weighted by atomic mass is 10.0. The second kappa shape index (κ2) is 13.6. The third-order valence-electron chi connectivity index (χ3n) is 7.25. The number of nitrogens with one attached hydrogen (secondary N) is 2. The van der Waals surface area contributed by atoms with E-state index in [2.05, 4.69) is 10.6 Å². The minimum absolute atomic E-state index is 0.0227. The van der Waals surface area contributed by atoms with Crippen LogP contribution in [0.4, 0.5) is 4.79 Å². The van der Waals surface area contributed by atoms with Gasteiger partial charge in [0.2, 0.25) is 5.91 Å². The first-order valence-electron chi connectivity index (χ1n) is 14.6. The van der Waals surface area contributed by atoms with Gasteiger partial charge in [0, 0.05) is 0 Å². The number of esters is 1. The van der Waals surface area contributed by atoms with Gasteiger partial charge in [-0.1, -0.05) is 72.8 Å². The number of amides is 3. The zero-order valence-corrected chi connectivity index (χ0v) is 26.6. The molecule has 12 heteroatoms. The molecule has 1 fully saturated rings. The van der Waals surface area contributed by atoms with E-state index in [0.29, 0.717) is 5.56 Å². The number of fused-ring (bicyclic) bond motifs is 1. The summed E-state index contributed by atoms with van der Waals surface area (Å²) in [5.74, 6) is -1.45. The van der Waals surface area contributed by atoms with E-state index < -0.39 is 53.0 Å². The van der Waals surface area contributed by atoms with Crippen LogP contribution in [0.1, 0.15) is 49.6 Å². The molecule has 1 saturated heterocycles. The number of rotatable bonds is 9. The monoisotopic (exact) mass is 645 g/mol. The Hall–Kier alpha value is -4.97. The highest BCUT2D eigenvalue weighted by atomic mass is 32.2. The number of ether oxygens (including phenoxy) is 3. The van der Waals surface area contributed by atoms with Crippen molar-refractivity contribution in [1.82, 2.24) is 15.5 Å². The molecule has 5 rings (SSSR count). The number of phenolic OH excluding ortho intramolecular Hbond substituents is 1. The fourth-order valence-electron chi connectivity index (χ4n) is 5.11. The molecule has 3 aromatic carbocycles. The quantitative estimate of drug-likeness (QED) is 0.226. The van der Waals surface area contributed by atoms with E-state index in [-0.39, 0.29) is 23.0 Å². The summed E-state index contributed by atoms with van der Waals surface area (Å²) in [6.45, 7) is 5.07. The van der Waals surface area contributed by atoms with Gasteiger partial charge in [-0.25, -0.2) is 9.59 Å². The van der Waals surface area contributed by atoms with Gasteiger partial charge in [-0.05, 0) is 49.6 Å². The molecule has 2 aliphatic rings. The first kappa shape index (κ1) is 32.4. The molecule has 0 saturated carbocycles. The molecule has 3 atom stereocenters. The average Bonchev–Trinajstić information content (AvgIpc) is 3.04. The highest BCUT2D eigenvalue weighted by Crippen LogP contribution is 2.42. The van der Waals surface area contributed by atoms with Gasteiger partial charge >= 0.3 is 12.1 Å². The molecule has 46 heavy (non-hydrogen) atoms. The van der Waals surface area contributed by atoms with Crippen molar-refractivity contribution in [3.63, 3.8) is 0 Å². The van der Waals surface area contributed by atoms with Crippen molar-refractivity contribution >= 4 is 35.6 Å². The normalized spacial score (nSPS) is 18.2. The number of carbonyl (C=O) groups is 4. The zero-order chi connectivity index (χ0) is 33.0. The number of phenols is 1. The summed E-state index contributed by atoms with van der Waals surface area (Å²) in [7, 11) is 1.42. The highest BCUT2D eigenvalue weighted by Gasteiger charge is 2.55. The van der Waals surface area contributed by atoms with Crippen molar-refractivity contribution in [2.24, 2.45) is 0 Å². The van der Waals surface area contributed by atoms with Crippen molar-refractivity contribution < 1.29 is 38.5 Å². The fourth-order valence-corrected chi connectivity index (χ4v) is 6.42. The summed E-state index contributed by atoms with van der Waals surface area (Å²) in [6, 6.07) is 22.0. The molecule has 0 aliphatic carbocycles. The predicted molar refractivity (Wildman–Crippen MR) is 170 cm³/mol. The largest absolute Gasteiger partial charge is 0.508 e. The molecule has 0 aromatic heterocycles. The standard InChI is InChI=1S/C34H35N3O8S/c1-34(2,3)45-33(42)36-25(20-15-17-23(38)18-16-20)29(39)35-26-30(40)37-27(24(43-4)19-46-31(26)37)32(41)44-28(21-11-7-5-8-12-21)22-13-9-6-10-14-22/h5-18,25-26,28,31,38H,19H2,1-4H3,(H,35,39)(H,36,42)/t25?,26-,31+/m1/s1. The Morgan fingerprint density at radius 3 is 2.04 bits per heavy atom. The van der Waals surface area contributed by atoms with E-state index in [0.717, 1.165) is 11.1 Å². The summed E-state index contributed by atoms with van der Waals surface area (Å²) >= 11 is 1.32. The number of benzene rings is 3. The number of methoxy groups -OCH3 is 1. The molecule has 1 unspecified atom stereocenters. The van der Waals surface area contributed by atoms with E-state index >= 15 is 0 Å². The minimum Gasteiger partial charge on any atom is -0.508 e. The van der Waals surface area contributed by atoms with Crippen molar-refractivity contribution in [3.8, 4) is 5.75 Å². The van der Waals surface area contributed by atoms with E-state index in [1.54, 1.807) is 20.8 Å². The zero-order valence-electron chi connectivity index (χ0n) is 25.8. The summed E-state index contributed by atoms with van der Waals surface area (Å²) in [4.78, 5) is 54.9. The van der Waals surface area contributed by atoms with Crippen LogP contribution in [0.5, 0.6) is 5.75 Å². The summed E-state index contributed by atoms with van der Waals surface area (Å²) in [6.07, 6.45) is -1.58. The summed E-state index contributed by atoms with van der Waals surface area (Å²) in [5.41, 5.74) is 1.02. The Labute approximate surface area is 270 Å². The number of alkyl carbamates (subject to hydrolysis) is 1. The fraction of sp³-hybridized carbons (Fsp3) is 0.294. The van der Waals surface area contributed by atoms with E-state index in [1.165, 1.54) is 48.0 Å². The Kier molecular flexibility index (Phi) is 9.57. The van der Waals surface area contributed by atoms with Crippen LogP contribution in [0.3, 0.4) is 0 Å². The van der Waals surface area contributed by atoms with Crippen LogP contribution in [-0.2, 0) is 28.6 Å². The second-order valence-corrected chi connectivity index (χ2v) is 12.8. The van der Waals surface area contributed by atoms with Crippen LogP contribution in [-0.4, -0.2) is 63.8 Å². The maximum Gasteiger partial charge on any atom is 0.408 e. The lowest BCUT2D eigenvalue weighted by molar-refractivity contribution is -0.155. The number of thioether (sulfide) groups is 1. The maximum absolute atomic E-state index is 13.8. The first-order chi connectivity index (χ1) is 22.0. The van der Waals surface area contributed by atoms with Gasteiger partial charge in [0.15, 0.2) is 11.8 Å². The Balaban J connectivity index is 1.36. The van der Waals surface area contributed by atoms with Crippen molar-refractivity contribution in [1.29, 1.82) is 0 Å². The minimum atomic E-state index is -1.24. The number of hydrogen-bond acceptors (Lipinski definition) is 9. The predicted octanol–water partition coefficient (Wildman–Crippen LogP) is 4.55. The van der Waals surface area contributed by atoms with Gasteiger partial charge in [-0.2, -0.15) is 0 Å². The van der Waals surface area contributed by atoms with Crippen LogP contribution in [0.2, 0.25) is 0 Å². The number of carbonyl (C=O) groups excluding carboxylic acids is 4. The molecular weight excluding hydrogens is 610 g/mol. The molecule has 11 nitrogen and oxygen atoms in total. The van der Waals surface area contributed by atoms with Crippen LogP contribution >= 0.6 is 11.8 Å². The SMILES string of the molecule is COC1=C(C(=O)OC(c2ccccc2)c2ccccc2)N2C(=O)[C@@H](NC(=O)C(NC(=O)OC(C)(C)C)c3ccc(O)cc3)[C@@H]2SC1. The first-order valence-corrected chi connectivity index (χ1v) is 15.6. The second-order valence-electron chi connectivity index (χ2n) is 11.6. The highest BCUT2D eigenvalue weighted by molar-refractivity contribution is 8.00. The van der Waals surface area contributed by atoms with E-state index in [4.69, 9.17) is 14.2 Å². The smallest absolute Gasteiger partial charge is 0.408 e. The van der Waals surface area contributed by atoms with Gasteiger partial charge in [0.25, 0.3) is 5.91 Å². The lowest BCUT2D eigenvalue weighted by Crippen LogP contribution is -2.71. The third kappa shape index (κ3) is 7.12. The molecule has 0 spiro atoms. The Bertz CT molecular complexity index is 1580. The topological polar surface area (TPSA) is 144 Å². The maximum atomic E-state index is 13.8. The molecule has 0 bridgehead atoms. The number of hydrogen-bond donors (Lipinski definition) is 3. The van der Waals surface area contributed by atoms with Gasteiger partial charge in [0.1, 0.15) is 34.6 Å². The lowest BCUT2D eigenvalue weighted by Gasteiger charge is -2.49. The molecule has 3 amide bonds. The van der Waals surface area contributed by atoms with Crippen LogP contribution in [0.25, 0.3) is 0 Å². The number of nitrogens with zero attached hydrogens (tertiary/aromatic N) is 1. The van der Waals surface area contributed by atoms with Crippen LogP contribution in [0, 0.1) is 0 Å². The van der Waals surface area contributed by atoms with E-state index in [1.807, 2.05) is 60.7 Å². The van der Waals surface area contributed by atoms with Gasteiger partial charge in [0.05, 0.1) is 12.9 Å². The average molecular weight is 646 g/mol. The molecular formula is C34H35N3O8S. The Morgan fingerprint density at radius 1 is 0.913 bits per heavy atom. The van der Waals surface area contributed by atoms with Crippen molar-refractivity contribution in [2.45, 2.75) is 49.9 Å². The van der Waals surface area contributed by atoms with Crippen molar-refractivity contribution in [2.75, 3.05) is 12.9 Å². The molecule has 0 radical (unpaired) electrons. The van der Waals surface area contributed by atoms with Crippen LogP contribution < -0.4 is 10.6 Å². The molecule has 3 aromatic rings. The molecule has 240 valence electrons. The number of β-lactam (4-membered cyclic amide) rings is 1. The molecule has 2 aliphatic heterocycles. The molecule has 2 heterocycles. The van der Waals surface area contributed by atoms with Gasteiger partial charge < -0.3 is 30.0 Å². The third-order valence-corrected chi connectivity index (χ3v) is 8.50. The van der Waals surface area contributed by atoms with Crippen LogP contribution in [0.15, 0.2) is 96.4 Å². The molecule has 3 N–H and O–H groups in total. The van der Waals surface area contributed by atoms with Gasteiger partial charge in [-0.15, -0.1) is 11.8 Å². The van der Waals surface area contributed by atoms with E-state index in [9.17, 15) is 24.3 Å². The van der Waals surface area contributed by atoms with Gasteiger partial charge in [-0.3, -0.25) is 14.5 Å². The summed E-state index contributed by atoms with van der Waals surface area (Å²) in [5, 5.41) is 14.4. The number of aromatic hydroxyl groups is 1. The summed E-state index contributed by atoms with van der Waals surface area (Å²) < 4.78 is 16.9. The Morgan fingerprint density at radius 2 is 1.50 bits per heavy atom. The van der Waals surface area contributed by atoms with Crippen molar-refractivity contribution in [3.05, 3.63) is 113 Å².